The van der Waals surface area contributed by atoms with Crippen molar-refractivity contribution in [2.45, 2.75) is 32.4 Å². The predicted octanol–water partition coefficient (Wildman–Crippen LogP) is 1.82. The molecule has 2 atom stereocenters. The Hall–Kier alpha value is -2.45. The highest BCUT2D eigenvalue weighted by Gasteiger charge is 2.36. The van der Waals surface area contributed by atoms with Gasteiger partial charge in [-0.1, -0.05) is 0 Å². The summed E-state index contributed by atoms with van der Waals surface area (Å²) in [5.74, 6) is -0.0140. The van der Waals surface area contributed by atoms with Crippen molar-refractivity contribution in [2.24, 2.45) is 5.92 Å². The van der Waals surface area contributed by atoms with Crippen molar-refractivity contribution in [3.8, 4) is 0 Å². The van der Waals surface area contributed by atoms with Crippen molar-refractivity contribution in [2.75, 3.05) is 26.3 Å². The van der Waals surface area contributed by atoms with E-state index in [0.29, 0.717) is 32.8 Å². The molecule has 2 bridgehead atoms. The molecule has 8 heteroatoms. The Morgan fingerprint density at radius 1 is 1.24 bits per heavy atom. The molecule has 0 unspecified atom stereocenters. The number of amides is 2. The maximum absolute atomic E-state index is 13.0. The smallest absolute Gasteiger partial charge is 0.263 e. The van der Waals surface area contributed by atoms with Crippen LogP contribution < -0.4 is 10.9 Å². The summed E-state index contributed by atoms with van der Waals surface area (Å²) in [5, 5.41) is 6.76. The summed E-state index contributed by atoms with van der Waals surface area (Å²) in [6.45, 7) is 4.65. The molecular formula is C21H25N3O4S. The summed E-state index contributed by atoms with van der Waals surface area (Å²) in [6.07, 6.45) is 0.960. The van der Waals surface area contributed by atoms with E-state index >= 15 is 0 Å². The van der Waals surface area contributed by atoms with Crippen molar-refractivity contribution in [1.29, 1.82) is 0 Å². The van der Waals surface area contributed by atoms with E-state index in [-0.39, 0.29) is 41.4 Å². The third kappa shape index (κ3) is 4.13. The Balaban J connectivity index is 1.50. The quantitative estimate of drug-likeness (QED) is 0.781. The summed E-state index contributed by atoms with van der Waals surface area (Å²) in [4.78, 5) is 39.8. The number of nitrogens with one attached hydrogen (secondary N) is 1. The number of thiophene rings is 1. The van der Waals surface area contributed by atoms with E-state index < -0.39 is 0 Å². The summed E-state index contributed by atoms with van der Waals surface area (Å²) in [5.41, 5.74) is 1.87. The van der Waals surface area contributed by atoms with Crippen LogP contribution >= 0.6 is 11.3 Å². The lowest BCUT2D eigenvalue weighted by molar-refractivity contribution is -0.138. The zero-order valence-electron chi connectivity index (χ0n) is 16.4. The van der Waals surface area contributed by atoms with Crippen molar-refractivity contribution >= 4 is 23.2 Å². The van der Waals surface area contributed by atoms with Crippen molar-refractivity contribution in [3.63, 3.8) is 0 Å². The maximum atomic E-state index is 13.0. The molecule has 29 heavy (non-hydrogen) atoms. The van der Waals surface area contributed by atoms with Gasteiger partial charge in [-0.05, 0) is 53.8 Å². The van der Waals surface area contributed by atoms with Gasteiger partial charge in [0.1, 0.15) is 12.2 Å². The van der Waals surface area contributed by atoms with Gasteiger partial charge in [-0.2, -0.15) is 11.3 Å². The number of likely N-dealkylation sites (tertiary alicyclic amines) is 1. The van der Waals surface area contributed by atoms with Gasteiger partial charge < -0.3 is 19.5 Å². The van der Waals surface area contributed by atoms with E-state index in [0.717, 1.165) is 17.7 Å². The summed E-state index contributed by atoms with van der Waals surface area (Å²) in [6, 6.07) is 5.45. The molecular weight excluding hydrogens is 390 g/mol. The number of hydrogen-bond acceptors (Lipinski definition) is 5. The zero-order valence-corrected chi connectivity index (χ0v) is 17.2. The third-order valence-corrected chi connectivity index (χ3v) is 6.40. The fourth-order valence-electron chi connectivity index (χ4n) is 4.27. The predicted molar refractivity (Wildman–Crippen MR) is 110 cm³/mol. The summed E-state index contributed by atoms with van der Waals surface area (Å²) >= 11 is 1.57. The second-order valence-corrected chi connectivity index (χ2v) is 8.42. The molecule has 0 radical (unpaired) electrons. The molecule has 1 N–H and O–H groups in total. The minimum absolute atomic E-state index is 0.00164. The van der Waals surface area contributed by atoms with Gasteiger partial charge >= 0.3 is 0 Å². The lowest BCUT2D eigenvalue weighted by atomic mass is 9.83. The topological polar surface area (TPSA) is 80.6 Å². The van der Waals surface area contributed by atoms with Gasteiger partial charge in [-0.15, -0.1) is 0 Å². The number of hydrogen-bond donors (Lipinski definition) is 1. The third-order valence-electron chi connectivity index (χ3n) is 5.66. The largest absolute Gasteiger partial charge is 0.372 e. The van der Waals surface area contributed by atoms with Gasteiger partial charge in [0.15, 0.2) is 0 Å². The number of pyridine rings is 1. The van der Waals surface area contributed by atoms with Crippen molar-refractivity contribution in [3.05, 3.63) is 56.1 Å². The van der Waals surface area contributed by atoms with Gasteiger partial charge in [0.05, 0.1) is 0 Å². The number of ether oxygens (including phenoxy) is 1. The average molecular weight is 416 g/mol. The van der Waals surface area contributed by atoms with Gasteiger partial charge in [0, 0.05) is 44.4 Å². The highest BCUT2D eigenvalue weighted by Crippen LogP contribution is 2.35. The molecule has 2 aromatic heterocycles. The molecule has 0 spiro atoms. The molecule has 1 fully saturated rings. The van der Waals surface area contributed by atoms with Crippen molar-refractivity contribution in [1.82, 2.24) is 14.8 Å². The number of fused-ring (bicyclic) bond motifs is 4. The molecule has 1 saturated heterocycles. The number of carbonyl (C=O) groups excluding carboxylic acids is 2. The molecule has 2 amide bonds. The van der Waals surface area contributed by atoms with Crippen LogP contribution in [0.5, 0.6) is 0 Å². The summed E-state index contributed by atoms with van der Waals surface area (Å²) < 4.78 is 7.00. The van der Waals surface area contributed by atoms with Crippen LogP contribution in [0, 0.1) is 5.92 Å². The number of aromatic nitrogens is 1. The van der Waals surface area contributed by atoms with Gasteiger partial charge in [0.2, 0.25) is 5.91 Å². The van der Waals surface area contributed by atoms with E-state index in [2.05, 4.69) is 5.32 Å². The van der Waals surface area contributed by atoms with Crippen LogP contribution in [0.2, 0.25) is 0 Å². The van der Waals surface area contributed by atoms with E-state index in [4.69, 9.17) is 4.74 Å². The fourth-order valence-corrected chi connectivity index (χ4v) is 4.94. The van der Waals surface area contributed by atoms with E-state index in [1.54, 1.807) is 22.0 Å². The standard InChI is InChI=1S/C21H25N3O4S/c1-2-28-12-19(25)23-9-15-7-16(11-23)18-4-3-17(21(27)24(18)10-15)20(26)22-8-14-5-6-29-13-14/h3-6,13,15-16H,2,7-12H2,1H3,(H,22,26)/t15-,16+/m0/s1. The monoisotopic (exact) mass is 415 g/mol. The Labute approximate surface area is 173 Å². The Kier molecular flexibility index (Phi) is 5.82. The number of piperidine rings is 1. The fraction of sp³-hybridized carbons (Fsp3) is 0.476. The molecule has 0 saturated carbocycles. The highest BCUT2D eigenvalue weighted by molar-refractivity contribution is 7.07. The molecule has 0 aromatic carbocycles. The van der Waals surface area contributed by atoms with Crippen LogP contribution in [0.15, 0.2) is 33.8 Å². The Morgan fingerprint density at radius 3 is 2.86 bits per heavy atom. The van der Waals surface area contributed by atoms with Crippen LogP contribution in [0.4, 0.5) is 0 Å². The molecule has 4 heterocycles. The van der Waals surface area contributed by atoms with Crippen LogP contribution in [0.3, 0.4) is 0 Å². The van der Waals surface area contributed by atoms with Crippen molar-refractivity contribution < 1.29 is 14.3 Å². The van der Waals surface area contributed by atoms with Crippen LogP contribution in [-0.4, -0.2) is 47.6 Å². The first-order valence-electron chi connectivity index (χ1n) is 9.95. The lowest BCUT2D eigenvalue weighted by Gasteiger charge is -2.42. The highest BCUT2D eigenvalue weighted by atomic mass is 32.1. The Bertz CT molecular complexity index is 953. The molecule has 2 aromatic rings. The normalized spacial score (nSPS) is 20.2. The first kappa shape index (κ1) is 19.8. The molecule has 4 rings (SSSR count). The second-order valence-electron chi connectivity index (χ2n) is 7.64. The van der Waals surface area contributed by atoms with Crippen LogP contribution in [0.1, 0.15) is 40.9 Å². The number of rotatable bonds is 6. The number of nitrogens with zero attached hydrogens (tertiary/aromatic N) is 2. The maximum Gasteiger partial charge on any atom is 0.263 e. The second kappa shape index (κ2) is 8.51. The van der Waals surface area contributed by atoms with E-state index in [9.17, 15) is 14.4 Å². The summed E-state index contributed by atoms with van der Waals surface area (Å²) in [7, 11) is 0. The van der Waals surface area contributed by atoms with Crippen LogP contribution in [-0.2, 0) is 22.6 Å². The first-order valence-corrected chi connectivity index (χ1v) is 10.9. The molecule has 2 aliphatic heterocycles. The average Bonchev–Trinajstić information content (AvgIpc) is 3.24. The SMILES string of the molecule is CCOCC(=O)N1C[C@@H]2C[C@H](C1)c1ccc(C(=O)NCc3ccsc3)c(=O)n1C2. The van der Waals surface area contributed by atoms with Gasteiger partial charge in [-0.25, -0.2) is 0 Å². The lowest BCUT2D eigenvalue weighted by Crippen LogP contribution is -2.50. The molecule has 0 aliphatic carbocycles. The van der Waals surface area contributed by atoms with Gasteiger partial charge in [0.25, 0.3) is 11.5 Å². The van der Waals surface area contributed by atoms with Gasteiger partial charge in [-0.3, -0.25) is 14.4 Å². The molecule has 7 nitrogen and oxygen atoms in total. The number of carbonyl (C=O) groups is 2. The first-order chi connectivity index (χ1) is 14.1. The minimum atomic E-state index is -0.347. The Morgan fingerprint density at radius 2 is 2.10 bits per heavy atom. The zero-order chi connectivity index (χ0) is 20.4. The molecule has 154 valence electrons. The van der Waals surface area contributed by atoms with Crippen LogP contribution in [0.25, 0.3) is 0 Å². The van der Waals surface area contributed by atoms with E-state index in [1.165, 1.54) is 0 Å². The molecule has 2 aliphatic rings. The minimum Gasteiger partial charge on any atom is -0.372 e. The van der Waals surface area contributed by atoms with E-state index in [1.807, 2.05) is 34.7 Å².